The van der Waals surface area contributed by atoms with Crippen LogP contribution in [0, 0.1) is 5.92 Å². The lowest BCUT2D eigenvalue weighted by atomic mass is 10.1. The second-order valence-corrected chi connectivity index (χ2v) is 7.25. The molecule has 0 aliphatic carbocycles. The van der Waals surface area contributed by atoms with Crippen LogP contribution in [0.2, 0.25) is 0 Å². The molecule has 1 aliphatic rings. The van der Waals surface area contributed by atoms with Crippen LogP contribution in [0.25, 0.3) is 0 Å². The summed E-state index contributed by atoms with van der Waals surface area (Å²) in [7, 11) is 0. The summed E-state index contributed by atoms with van der Waals surface area (Å²) in [5.74, 6) is 1.62. The zero-order chi connectivity index (χ0) is 18.7. The van der Waals surface area contributed by atoms with Crippen molar-refractivity contribution in [3.8, 4) is 0 Å². The van der Waals surface area contributed by atoms with E-state index >= 15 is 0 Å². The Morgan fingerprint density at radius 1 is 1.00 bits per heavy atom. The van der Waals surface area contributed by atoms with Crippen LogP contribution >= 0.6 is 0 Å². The van der Waals surface area contributed by atoms with Crippen LogP contribution in [0.4, 0.5) is 0 Å². The third-order valence-corrected chi connectivity index (χ3v) is 5.09. The predicted octanol–water partition coefficient (Wildman–Crippen LogP) is 3.31. The van der Waals surface area contributed by atoms with E-state index in [-0.39, 0.29) is 0 Å². The molecule has 0 amide bonds. The quantitative estimate of drug-likeness (QED) is 0.558. The summed E-state index contributed by atoms with van der Waals surface area (Å²) in [5, 5.41) is 6.90. The smallest absolute Gasteiger partial charge is 0.191 e. The molecule has 3 rings (SSSR count). The highest BCUT2D eigenvalue weighted by atomic mass is 15.2. The van der Waals surface area contributed by atoms with Crippen LogP contribution in [0.3, 0.4) is 0 Å². The lowest BCUT2D eigenvalue weighted by Gasteiger charge is -2.17. The Hall–Kier alpha value is -2.33. The van der Waals surface area contributed by atoms with Gasteiger partial charge in [0.1, 0.15) is 0 Å². The molecule has 1 aliphatic heterocycles. The van der Waals surface area contributed by atoms with Crippen LogP contribution in [0.5, 0.6) is 0 Å². The van der Waals surface area contributed by atoms with Gasteiger partial charge in [0, 0.05) is 26.2 Å². The van der Waals surface area contributed by atoms with Gasteiger partial charge in [-0.05, 0) is 43.4 Å². The van der Waals surface area contributed by atoms with Gasteiger partial charge < -0.3 is 15.5 Å². The maximum absolute atomic E-state index is 4.72. The van der Waals surface area contributed by atoms with E-state index in [1.165, 1.54) is 30.6 Å². The number of guanidine groups is 1. The number of nitrogens with one attached hydrogen (secondary N) is 2. The minimum atomic E-state index is 0.696. The van der Waals surface area contributed by atoms with Crippen molar-refractivity contribution in [1.82, 2.24) is 15.5 Å². The highest BCUT2D eigenvalue weighted by Crippen LogP contribution is 2.16. The van der Waals surface area contributed by atoms with E-state index < -0.39 is 0 Å². The van der Waals surface area contributed by atoms with Crippen molar-refractivity contribution >= 4 is 5.96 Å². The molecule has 0 saturated carbocycles. The molecule has 1 fully saturated rings. The maximum atomic E-state index is 4.72. The first kappa shape index (κ1) is 19.4. The second kappa shape index (κ2) is 10.7. The molecule has 0 spiro atoms. The van der Waals surface area contributed by atoms with E-state index in [0.29, 0.717) is 12.5 Å². The van der Waals surface area contributed by atoms with Crippen molar-refractivity contribution in [1.29, 1.82) is 0 Å². The predicted molar refractivity (Wildman–Crippen MR) is 114 cm³/mol. The maximum Gasteiger partial charge on any atom is 0.191 e. The van der Waals surface area contributed by atoms with Crippen molar-refractivity contribution in [3.63, 3.8) is 0 Å². The van der Waals surface area contributed by atoms with Crippen molar-refractivity contribution < 1.29 is 0 Å². The molecule has 144 valence electrons. The molecular formula is C23H32N4. The standard InChI is InChI=1S/C23H32N4/c1-2-24-23(25-17-21-11-7-4-8-12-21)26-18-22-14-16-27(19-22)15-13-20-9-5-3-6-10-20/h3-12,22H,2,13-19H2,1H3,(H2,24,25,26). The van der Waals surface area contributed by atoms with E-state index in [9.17, 15) is 0 Å². The van der Waals surface area contributed by atoms with E-state index in [4.69, 9.17) is 4.99 Å². The third kappa shape index (κ3) is 6.72. The molecule has 1 saturated heterocycles. The molecule has 2 N–H and O–H groups in total. The van der Waals surface area contributed by atoms with Crippen LogP contribution in [-0.4, -0.2) is 43.6 Å². The highest BCUT2D eigenvalue weighted by molar-refractivity contribution is 5.79. The van der Waals surface area contributed by atoms with E-state index in [1.54, 1.807) is 0 Å². The van der Waals surface area contributed by atoms with Gasteiger partial charge in [-0.25, -0.2) is 4.99 Å². The minimum Gasteiger partial charge on any atom is -0.357 e. The molecule has 27 heavy (non-hydrogen) atoms. The number of rotatable bonds is 8. The molecule has 0 bridgehead atoms. The van der Waals surface area contributed by atoms with Crippen LogP contribution in [0.1, 0.15) is 24.5 Å². The summed E-state index contributed by atoms with van der Waals surface area (Å²) in [4.78, 5) is 7.31. The Kier molecular flexibility index (Phi) is 7.72. The Balaban J connectivity index is 1.41. The van der Waals surface area contributed by atoms with Gasteiger partial charge in [-0.1, -0.05) is 60.7 Å². The number of nitrogens with zero attached hydrogens (tertiary/aromatic N) is 2. The topological polar surface area (TPSA) is 39.7 Å². The SMILES string of the molecule is CCNC(=NCc1ccccc1)NCC1CCN(CCc2ccccc2)C1. The molecule has 0 radical (unpaired) electrons. The summed E-state index contributed by atoms with van der Waals surface area (Å²) in [6.07, 6.45) is 2.40. The zero-order valence-corrected chi connectivity index (χ0v) is 16.4. The second-order valence-electron chi connectivity index (χ2n) is 7.25. The fourth-order valence-electron chi connectivity index (χ4n) is 3.55. The summed E-state index contributed by atoms with van der Waals surface area (Å²) in [5.41, 5.74) is 2.67. The number of likely N-dealkylation sites (tertiary alicyclic amines) is 1. The van der Waals surface area contributed by atoms with Gasteiger partial charge in [-0.3, -0.25) is 0 Å². The molecule has 1 atom stereocenters. The monoisotopic (exact) mass is 364 g/mol. The van der Waals surface area contributed by atoms with Gasteiger partial charge in [0.05, 0.1) is 6.54 Å². The van der Waals surface area contributed by atoms with E-state index in [1.807, 2.05) is 6.07 Å². The number of benzene rings is 2. The van der Waals surface area contributed by atoms with Gasteiger partial charge >= 0.3 is 0 Å². The van der Waals surface area contributed by atoms with E-state index in [2.05, 4.69) is 77.1 Å². The molecule has 2 aromatic carbocycles. The van der Waals surface area contributed by atoms with Gasteiger partial charge in [0.25, 0.3) is 0 Å². The molecule has 4 heteroatoms. The van der Waals surface area contributed by atoms with Gasteiger partial charge in [-0.15, -0.1) is 0 Å². The first-order valence-corrected chi connectivity index (χ1v) is 10.2. The summed E-state index contributed by atoms with van der Waals surface area (Å²) < 4.78 is 0. The van der Waals surface area contributed by atoms with Gasteiger partial charge in [-0.2, -0.15) is 0 Å². The number of hydrogen-bond acceptors (Lipinski definition) is 2. The van der Waals surface area contributed by atoms with Gasteiger partial charge in [0.2, 0.25) is 0 Å². The normalized spacial score (nSPS) is 17.8. The molecule has 1 unspecified atom stereocenters. The highest BCUT2D eigenvalue weighted by Gasteiger charge is 2.22. The summed E-state index contributed by atoms with van der Waals surface area (Å²) in [6, 6.07) is 21.2. The minimum absolute atomic E-state index is 0.696. The lowest BCUT2D eigenvalue weighted by molar-refractivity contribution is 0.328. The summed E-state index contributed by atoms with van der Waals surface area (Å²) in [6.45, 7) is 8.24. The van der Waals surface area contributed by atoms with Crippen LogP contribution in [-0.2, 0) is 13.0 Å². The lowest BCUT2D eigenvalue weighted by Crippen LogP contribution is -2.40. The fourth-order valence-corrected chi connectivity index (χ4v) is 3.55. The first-order valence-electron chi connectivity index (χ1n) is 10.2. The van der Waals surface area contributed by atoms with Crippen molar-refractivity contribution in [3.05, 3.63) is 71.8 Å². The van der Waals surface area contributed by atoms with E-state index in [0.717, 1.165) is 32.0 Å². The third-order valence-electron chi connectivity index (χ3n) is 5.09. The Bertz CT molecular complexity index is 684. The van der Waals surface area contributed by atoms with Crippen LogP contribution < -0.4 is 10.6 Å². The molecular weight excluding hydrogens is 332 g/mol. The Labute approximate surface area is 163 Å². The molecule has 2 aromatic rings. The summed E-state index contributed by atoms with van der Waals surface area (Å²) >= 11 is 0. The number of aliphatic imine (C=N–C) groups is 1. The van der Waals surface area contributed by atoms with Crippen molar-refractivity contribution in [2.24, 2.45) is 10.9 Å². The zero-order valence-electron chi connectivity index (χ0n) is 16.4. The Morgan fingerprint density at radius 3 is 2.41 bits per heavy atom. The average Bonchev–Trinajstić information content (AvgIpc) is 3.18. The molecule has 1 heterocycles. The average molecular weight is 365 g/mol. The fraction of sp³-hybridized carbons (Fsp3) is 0.435. The largest absolute Gasteiger partial charge is 0.357 e. The van der Waals surface area contributed by atoms with Gasteiger partial charge in [0.15, 0.2) is 5.96 Å². The number of hydrogen-bond donors (Lipinski definition) is 2. The van der Waals surface area contributed by atoms with Crippen LogP contribution in [0.15, 0.2) is 65.7 Å². The van der Waals surface area contributed by atoms with Crippen molar-refractivity contribution in [2.45, 2.75) is 26.3 Å². The first-order chi connectivity index (χ1) is 13.3. The molecule has 4 nitrogen and oxygen atoms in total. The van der Waals surface area contributed by atoms with Crippen molar-refractivity contribution in [2.75, 3.05) is 32.7 Å². The molecule has 0 aromatic heterocycles. The Morgan fingerprint density at radius 2 is 1.70 bits per heavy atom.